The van der Waals surface area contributed by atoms with E-state index in [0.29, 0.717) is 27.2 Å². The molecule has 1 aromatic heterocycles. The Hall–Kier alpha value is -2.70. The molecule has 0 bridgehead atoms. The summed E-state index contributed by atoms with van der Waals surface area (Å²) in [5.41, 5.74) is 1.34. The first kappa shape index (κ1) is 17.1. The molecular formula is C17H12Cl2N4O2. The van der Waals surface area contributed by atoms with E-state index in [9.17, 15) is 4.79 Å². The van der Waals surface area contributed by atoms with Gasteiger partial charge in [-0.05, 0) is 48.0 Å². The average Bonchev–Trinajstić information content (AvgIpc) is 3.15. The number of hydrogen-bond donors (Lipinski definition) is 1. The molecule has 0 fully saturated rings. The average molecular weight is 375 g/mol. The van der Waals surface area contributed by atoms with Crippen molar-refractivity contribution in [3.8, 4) is 5.75 Å². The van der Waals surface area contributed by atoms with E-state index in [1.807, 2.05) is 0 Å². The van der Waals surface area contributed by atoms with Crippen molar-refractivity contribution in [2.45, 2.75) is 6.61 Å². The van der Waals surface area contributed by atoms with Gasteiger partial charge in [-0.2, -0.15) is 5.21 Å². The molecule has 1 N–H and O–H groups in total. The SMILES string of the molecule is O=C(/C=C/c1ccc(Cl)c(Cl)c1)c1ccc(OCc2nn[nH]n2)cc1. The molecule has 2 aromatic carbocycles. The predicted molar refractivity (Wildman–Crippen MR) is 94.8 cm³/mol. The first-order valence-electron chi connectivity index (χ1n) is 7.24. The van der Waals surface area contributed by atoms with E-state index in [1.165, 1.54) is 6.08 Å². The second kappa shape index (κ2) is 7.92. The van der Waals surface area contributed by atoms with Gasteiger partial charge in [0.2, 0.25) is 5.82 Å². The second-order valence-electron chi connectivity index (χ2n) is 5.01. The number of allylic oxidation sites excluding steroid dienone is 1. The zero-order chi connectivity index (χ0) is 17.6. The minimum absolute atomic E-state index is 0.129. The fourth-order valence-corrected chi connectivity index (χ4v) is 2.30. The number of nitrogens with zero attached hydrogens (tertiary/aromatic N) is 3. The number of carbonyl (C=O) groups is 1. The maximum Gasteiger partial charge on any atom is 0.211 e. The van der Waals surface area contributed by atoms with Gasteiger partial charge in [-0.3, -0.25) is 4.79 Å². The summed E-state index contributed by atoms with van der Waals surface area (Å²) < 4.78 is 5.50. The molecule has 0 atom stereocenters. The van der Waals surface area contributed by atoms with Crippen molar-refractivity contribution >= 4 is 35.1 Å². The minimum Gasteiger partial charge on any atom is -0.485 e. The lowest BCUT2D eigenvalue weighted by Crippen LogP contribution is -1.99. The first-order valence-corrected chi connectivity index (χ1v) is 8.00. The van der Waals surface area contributed by atoms with Crippen molar-refractivity contribution in [1.82, 2.24) is 20.6 Å². The van der Waals surface area contributed by atoms with Crippen molar-refractivity contribution in [2.75, 3.05) is 0 Å². The zero-order valence-corrected chi connectivity index (χ0v) is 14.3. The van der Waals surface area contributed by atoms with Gasteiger partial charge in [0.1, 0.15) is 5.75 Å². The largest absolute Gasteiger partial charge is 0.485 e. The van der Waals surface area contributed by atoms with Crippen LogP contribution in [0.5, 0.6) is 5.75 Å². The highest BCUT2D eigenvalue weighted by molar-refractivity contribution is 6.42. The third-order valence-electron chi connectivity index (χ3n) is 3.27. The van der Waals surface area contributed by atoms with E-state index in [2.05, 4.69) is 20.6 Å². The normalized spacial score (nSPS) is 11.0. The molecular weight excluding hydrogens is 363 g/mol. The Kier molecular flexibility index (Phi) is 5.42. The third-order valence-corrected chi connectivity index (χ3v) is 4.01. The van der Waals surface area contributed by atoms with Crippen molar-refractivity contribution in [1.29, 1.82) is 0 Å². The summed E-state index contributed by atoms with van der Waals surface area (Å²) in [5.74, 6) is 0.926. The zero-order valence-electron chi connectivity index (χ0n) is 12.8. The van der Waals surface area contributed by atoms with Gasteiger partial charge in [-0.1, -0.05) is 40.6 Å². The van der Waals surface area contributed by atoms with Gasteiger partial charge >= 0.3 is 0 Å². The summed E-state index contributed by atoms with van der Waals surface area (Å²) in [4.78, 5) is 12.2. The molecule has 3 aromatic rings. The van der Waals surface area contributed by atoms with E-state index in [-0.39, 0.29) is 12.4 Å². The van der Waals surface area contributed by atoms with E-state index < -0.39 is 0 Å². The van der Waals surface area contributed by atoms with Crippen LogP contribution >= 0.6 is 23.2 Å². The van der Waals surface area contributed by atoms with Crippen molar-refractivity contribution in [3.05, 3.63) is 75.5 Å². The molecule has 0 aliphatic rings. The standard InChI is InChI=1S/C17H12Cl2N4O2/c18-14-7-1-11(9-15(14)19)2-8-16(24)12-3-5-13(6-4-12)25-10-17-20-22-23-21-17/h1-9H,10H2,(H,20,21,22,23)/b8-2+. The highest BCUT2D eigenvalue weighted by Gasteiger charge is 2.04. The number of carbonyl (C=O) groups excluding carboxylic acids is 1. The second-order valence-corrected chi connectivity index (χ2v) is 5.83. The van der Waals surface area contributed by atoms with E-state index >= 15 is 0 Å². The number of aromatic nitrogens is 4. The van der Waals surface area contributed by atoms with Crippen LogP contribution in [0.4, 0.5) is 0 Å². The number of hydrogen-bond acceptors (Lipinski definition) is 5. The Morgan fingerprint density at radius 2 is 1.92 bits per heavy atom. The van der Waals surface area contributed by atoms with Gasteiger partial charge in [0, 0.05) is 5.56 Å². The molecule has 126 valence electrons. The summed E-state index contributed by atoms with van der Waals surface area (Å²) >= 11 is 11.8. The van der Waals surface area contributed by atoms with Crippen molar-refractivity contribution in [2.24, 2.45) is 0 Å². The lowest BCUT2D eigenvalue weighted by molar-refractivity contribution is 0.104. The number of tetrazole rings is 1. The van der Waals surface area contributed by atoms with E-state index in [4.69, 9.17) is 27.9 Å². The van der Waals surface area contributed by atoms with Crippen LogP contribution in [0.1, 0.15) is 21.7 Å². The maximum absolute atomic E-state index is 12.2. The monoisotopic (exact) mass is 374 g/mol. The smallest absolute Gasteiger partial charge is 0.211 e. The molecule has 0 saturated heterocycles. The summed E-state index contributed by atoms with van der Waals surface area (Å²) in [6, 6.07) is 12.0. The van der Waals surface area contributed by atoms with Crippen LogP contribution in [-0.4, -0.2) is 26.4 Å². The molecule has 8 heteroatoms. The molecule has 0 amide bonds. The highest BCUT2D eigenvalue weighted by Crippen LogP contribution is 2.23. The summed E-state index contributed by atoms with van der Waals surface area (Å²) in [7, 11) is 0. The maximum atomic E-state index is 12.2. The van der Waals surface area contributed by atoms with Crippen LogP contribution in [0.3, 0.4) is 0 Å². The van der Waals surface area contributed by atoms with Crippen molar-refractivity contribution < 1.29 is 9.53 Å². The first-order chi connectivity index (χ1) is 12.1. The molecule has 0 saturated carbocycles. The Labute approximate surface area is 153 Å². The Bertz CT molecular complexity index is 894. The van der Waals surface area contributed by atoms with Gasteiger partial charge in [-0.25, -0.2) is 0 Å². The highest BCUT2D eigenvalue weighted by atomic mass is 35.5. The quantitative estimate of drug-likeness (QED) is 0.521. The molecule has 0 aliphatic heterocycles. The molecule has 1 heterocycles. The van der Waals surface area contributed by atoms with Crippen LogP contribution in [0, 0.1) is 0 Å². The van der Waals surface area contributed by atoms with Gasteiger partial charge in [0.25, 0.3) is 0 Å². The number of ether oxygens (including phenoxy) is 1. The molecule has 6 nitrogen and oxygen atoms in total. The van der Waals surface area contributed by atoms with E-state index in [0.717, 1.165) is 5.56 Å². The minimum atomic E-state index is -0.129. The lowest BCUT2D eigenvalue weighted by Gasteiger charge is -2.03. The molecule has 0 radical (unpaired) electrons. The summed E-state index contributed by atoms with van der Waals surface area (Å²) in [6.07, 6.45) is 3.17. The van der Waals surface area contributed by atoms with Gasteiger partial charge < -0.3 is 4.74 Å². The Balaban J connectivity index is 1.61. The van der Waals surface area contributed by atoms with Crippen LogP contribution in [0.2, 0.25) is 10.0 Å². The number of ketones is 1. The van der Waals surface area contributed by atoms with Crippen LogP contribution in [-0.2, 0) is 6.61 Å². The van der Waals surface area contributed by atoms with Crippen molar-refractivity contribution in [3.63, 3.8) is 0 Å². The number of aromatic amines is 1. The fraction of sp³-hybridized carbons (Fsp3) is 0.0588. The predicted octanol–water partition coefficient (Wildman–Crippen LogP) is 3.98. The molecule has 0 spiro atoms. The van der Waals surface area contributed by atoms with Gasteiger partial charge in [-0.15, -0.1) is 10.2 Å². The number of rotatable bonds is 6. The van der Waals surface area contributed by atoms with Crippen LogP contribution in [0.25, 0.3) is 6.08 Å². The number of H-pyrrole nitrogens is 1. The number of nitrogens with one attached hydrogen (secondary N) is 1. The lowest BCUT2D eigenvalue weighted by atomic mass is 10.1. The topological polar surface area (TPSA) is 80.8 Å². The summed E-state index contributed by atoms with van der Waals surface area (Å²) in [6.45, 7) is 0.195. The third kappa shape index (κ3) is 4.65. The van der Waals surface area contributed by atoms with Gasteiger partial charge in [0.05, 0.1) is 10.0 Å². The molecule has 0 aliphatic carbocycles. The number of halogens is 2. The Morgan fingerprint density at radius 1 is 1.12 bits per heavy atom. The molecule has 3 rings (SSSR count). The summed E-state index contributed by atoms with van der Waals surface area (Å²) in [5, 5.41) is 14.3. The number of benzene rings is 2. The van der Waals surface area contributed by atoms with Gasteiger partial charge in [0.15, 0.2) is 12.4 Å². The Morgan fingerprint density at radius 3 is 2.60 bits per heavy atom. The van der Waals surface area contributed by atoms with Crippen LogP contribution in [0.15, 0.2) is 48.5 Å². The van der Waals surface area contributed by atoms with E-state index in [1.54, 1.807) is 48.5 Å². The molecule has 0 unspecified atom stereocenters. The van der Waals surface area contributed by atoms with Crippen LogP contribution < -0.4 is 4.74 Å². The molecule has 25 heavy (non-hydrogen) atoms. The fourth-order valence-electron chi connectivity index (χ4n) is 1.99.